The first kappa shape index (κ1) is 13.1. The fraction of sp³-hybridized carbons (Fsp3) is 0.600. The number of imidazole rings is 1. The molecule has 0 spiro atoms. The highest BCUT2D eigenvalue weighted by atomic mass is 16.6. The third-order valence-electron chi connectivity index (χ3n) is 2.46. The van der Waals surface area contributed by atoms with Crippen LogP contribution in [0.2, 0.25) is 0 Å². The summed E-state index contributed by atoms with van der Waals surface area (Å²) in [4.78, 5) is 13.8. The van der Waals surface area contributed by atoms with E-state index in [4.69, 9.17) is 5.21 Å². The largest absolute Gasteiger partial charge is 0.411 e. The van der Waals surface area contributed by atoms with Gasteiger partial charge in [-0.3, -0.25) is 0 Å². The van der Waals surface area contributed by atoms with Crippen LogP contribution in [-0.2, 0) is 6.54 Å². The maximum Gasteiger partial charge on any atom is 0.381 e. The first-order chi connectivity index (χ1) is 7.75. The standard InChI is InChI=1S/C10H16N4O3/c1-7-11-9(14(16)17)6-13(7)5-8(12-15)10(2,3)4/h6,15H,5H2,1-4H3. The summed E-state index contributed by atoms with van der Waals surface area (Å²) in [6.07, 6.45) is 1.34. The second kappa shape index (κ2) is 4.52. The summed E-state index contributed by atoms with van der Waals surface area (Å²) in [5, 5.41) is 22.8. The summed E-state index contributed by atoms with van der Waals surface area (Å²) in [5.41, 5.74) is 0.230. The third-order valence-corrected chi connectivity index (χ3v) is 2.46. The van der Waals surface area contributed by atoms with Gasteiger partial charge in [0.05, 0.1) is 12.3 Å². The lowest BCUT2D eigenvalue weighted by molar-refractivity contribution is -0.389. The molecular weight excluding hydrogens is 224 g/mol. The zero-order valence-corrected chi connectivity index (χ0v) is 10.3. The quantitative estimate of drug-likeness (QED) is 0.378. The Labute approximate surface area is 98.9 Å². The highest BCUT2D eigenvalue weighted by molar-refractivity contribution is 5.88. The topological polar surface area (TPSA) is 93.5 Å². The molecular formula is C10H16N4O3. The van der Waals surface area contributed by atoms with Crippen molar-refractivity contribution in [3.8, 4) is 0 Å². The van der Waals surface area contributed by atoms with Gasteiger partial charge in [-0.15, -0.1) is 0 Å². The molecule has 1 heterocycles. The zero-order chi connectivity index (χ0) is 13.2. The number of aromatic nitrogens is 2. The molecule has 7 nitrogen and oxygen atoms in total. The minimum atomic E-state index is -0.545. The SMILES string of the molecule is Cc1nc([N+](=O)[O-])cn1CC(=NO)C(C)(C)C. The van der Waals surface area contributed by atoms with Gasteiger partial charge >= 0.3 is 5.82 Å². The third kappa shape index (κ3) is 3.02. The molecule has 0 fully saturated rings. The van der Waals surface area contributed by atoms with E-state index in [9.17, 15) is 10.1 Å². The first-order valence-corrected chi connectivity index (χ1v) is 5.15. The molecule has 0 atom stereocenters. The molecule has 1 aromatic heterocycles. The molecule has 0 aliphatic heterocycles. The molecule has 94 valence electrons. The second-order valence-corrected chi connectivity index (χ2v) is 4.83. The Morgan fingerprint density at radius 1 is 1.65 bits per heavy atom. The minimum absolute atomic E-state index is 0.200. The van der Waals surface area contributed by atoms with Crippen LogP contribution in [-0.4, -0.2) is 25.4 Å². The van der Waals surface area contributed by atoms with Crippen LogP contribution >= 0.6 is 0 Å². The zero-order valence-electron chi connectivity index (χ0n) is 10.3. The Morgan fingerprint density at radius 3 is 2.59 bits per heavy atom. The molecule has 7 heteroatoms. The van der Waals surface area contributed by atoms with Crippen LogP contribution < -0.4 is 0 Å². The maximum absolute atomic E-state index is 10.6. The van der Waals surface area contributed by atoms with Crippen molar-refractivity contribution in [3.05, 3.63) is 22.1 Å². The number of hydrogen-bond acceptors (Lipinski definition) is 5. The van der Waals surface area contributed by atoms with Gasteiger partial charge in [0.2, 0.25) is 5.82 Å². The van der Waals surface area contributed by atoms with Gasteiger partial charge in [-0.25, -0.2) is 0 Å². The van der Waals surface area contributed by atoms with Crippen molar-refractivity contribution in [3.63, 3.8) is 0 Å². The van der Waals surface area contributed by atoms with Gasteiger partial charge in [0.25, 0.3) is 0 Å². The lowest BCUT2D eigenvalue weighted by Crippen LogP contribution is -2.25. The predicted molar refractivity (Wildman–Crippen MR) is 62.3 cm³/mol. The van der Waals surface area contributed by atoms with E-state index in [2.05, 4.69) is 10.1 Å². The highest BCUT2D eigenvalue weighted by Gasteiger charge is 2.23. The highest BCUT2D eigenvalue weighted by Crippen LogP contribution is 2.19. The van der Waals surface area contributed by atoms with Crippen molar-refractivity contribution in [2.24, 2.45) is 10.6 Å². The van der Waals surface area contributed by atoms with Gasteiger partial charge in [-0.05, 0) is 9.91 Å². The van der Waals surface area contributed by atoms with Crippen molar-refractivity contribution in [2.45, 2.75) is 34.2 Å². The molecule has 17 heavy (non-hydrogen) atoms. The number of hydrogen-bond donors (Lipinski definition) is 1. The van der Waals surface area contributed by atoms with Crippen molar-refractivity contribution in [1.29, 1.82) is 0 Å². The van der Waals surface area contributed by atoms with E-state index in [1.165, 1.54) is 6.20 Å². The summed E-state index contributed by atoms with van der Waals surface area (Å²) >= 11 is 0. The molecule has 0 saturated carbocycles. The molecule has 0 saturated heterocycles. The Kier molecular flexibility index (Phi) is 3.50. The lowest BCUT2D eigenvalue weighted by Gasteiger charge is -2.19. The lowest BCUT2D eigenvalue weighted by atomic mass is 9.90. The molecule has 0 bridgehead atoms. The van der Waals surface area contributed by atoms with Crippen molar-refractivity contribution >= 4 is 11.5 Å². The van der Waals surface area contributed by atoms with E-state index in [1.54, 1.807) is 11.5 Å². The fourth-order valence-corrected chi connectivity index (χ4v) is 1.32. The number of aryl methyl sites for hydroxylation is 1. The van der Waals surface area contributed by atoms with Gasteiger partial charge in [-0.2, -0.15) is 0 Å². The predicted octanol–water partition coefficient (Wildman–Crippen LogP) is 1.98. The molecule has 1 N–H and O–H groups in total. The number of oxime groups is 1. The molecule has 0 amide bonds. The van der Waals surface area contributed by atoms with E-state index in [0.717, 1.165) is 0 Å². The van der Waals surface area contributed by atoms with Gasteiger partial charge in [0.1, 0.15) is 6.20 Å². The molecule has 0 aliphatic carbocycles. The number of nitro groups is 1. The fourth-order valence-electron chi connectivity index (χ4n) is 1.32. The molecule has 1 aromatic rings. The molecule has 0 aliphatic rings. The van der Waals surface area contributed by atoms with Gasteiger partial charge in [0.15, 0.2) is 0 Å². The summed E-state index contributed by atoms with van der Waals surface area (Å²) in [5.74, 6) is 0.316. The normalized spacial score (nSPS) is 12.8. The average Bonchev–Trinajstić information content (AvgIpc) is 2.54. The summed E-state index contributed by atoms with van der Waals surface area (Å²) in [6.45, 7) is 7.67. The van der Waals surface area contributed by atoms with Crippen LogP contribution in [0, 0.1) is 22.5 Å². The van der Waals surface area contributed by atoms with Crippen LogP contribution in [0.3, 0.4) is 0 Å². The Hall–Kier alpha value is -1.92. The van der Waals surface area contributed by atoms with E-state index < -0.39 is 4.92 Å². The average molecular weight is 240 g/mol. The van der Waals surface area contributed by atoms with Crippen LogP contribution in [0.4, 0.5) is 5.82 Å². The van der Waals surface area contributed by atoms with Crippen molar-refractivity contribution in [2.75, 3.05) is 0 Å². The molecule has 1 rings (SSSR count). The van der Waals surface area contributed by atoms with Crippen LogP contribution in [0.5, 0.6) is 0 Å². The summed E-state index contributed by atoms with van der Waals surface area (Å²) in [7, 11) is 0. The van der Waals surface area contributed by atoms with Gasteiger partial charge < -0.3 is 19.9 Å². The van der Waals surface area contributed by atoms with Gasteiger partial charge in [0, 0.05) is 12.3 Å². The van der Waals surface area contributed by atoms with Crippen LogP contribution in [0.25, 0.3) is 0 Å². The first-order valence-electron chi connectivity index (χ1n) is 5.15. The molecule has 0 unspecified atom stereocenters. The molecule has 0 radical (unpaired) electrons. The van der Waals surface area contributed by atoms with E-state index in [0.29, 0.717) is 11.5 Å². The Bertz CT molecular complexity index is 457. The van der Waals surface area contributed by atoms with Crippen molar-refractivity contribution < 1.29 is 10.1 Å². The summed E-state index contributed by atoms with van der Waals surface area (Å²) < 4.78 is 1.60. The number of rotatable bonds is 3. The summed E-state index contributed by atoms with van der Waals surface area (Å²) in [6, 6.07) is 0. The van der Waals surface area contributed by atoms with Gasteiger partial charge in [-0.1, -0.05) is 25.9 Å². The maximum atomic E-state index is 10.6. The monoisotopic (exact) mass is 240 g/mol. The van der Waals surface area contributed by atoms with Crippen LogP contribution in [0.15, 0.2) is 11.4 Å². The van der Waals surface area contributed by atoms with E-state index in [1.807, 2.05) is 20.8 Å². The second-order valence-electron chi connectivity index (χ2n) is 4.83. The molecule has 0 aromatic carbocycles. The minimum Gasteiger partial charge on any atom is -0.411 e. The van der Waals surface area contributed by atoms with E-state index >= 15 is 0 Å². The van der Waals surface area contributed by atoms with Crippen LogP contribution in [0.1, 0.15) is 26.6 Å². The number of nitrogens with zero attached hydrogens (tertiary/aromatic N) is 4. The Balaban J connectivity index is 2.99. The smallest absolute Gasteiger partial charge is 0.381 e. The van der Waals surface area contributed by atoms with E-state index in [-0.39, 0.29) is 17.8 Å². The van der Waals surface area contributed by atoms with Crippen molar-refractivity contribution in [1.82, 2.24) is 9.55 Å². The Morgan fingerprint density at radius 2 is 2.24 bits per heavy atom.